The van der Waals surface area contributed by atoms with E-state index in [0.717, 1.165) is 5.69 Å². The highest BCUT2D eigenvalue weighted by atomic mass is 32.1. The number of nitrogens with zero attached hydrogens (tertiary/aromatic N) is 1. The van der Waals surface area contributed by atoms with Gasteiger partial charge in [0.15, 0.2) is 16.1 Å². The Bertz CT molecular complexity index is 837. The number of ether oxygens (including phenoxy) is 2. The van der Waals surface area contributed by atoms with Crippen LogP contribution in [0.5, 0.6) is 0 Å². The average molecular weight is 358 g/mol. The van der Waals surface area contributed by atoms with Crippen LogP contribution >= 0.6 is 11.3 Å². The van der Waals surface area contributed by atoms with Gasteiger partial charge in [0.2, 0.25) is 0 Å². The van der Waals surface area contributed by atoms with E-state index in [1.54, 1.807) is 13.8 Å². The molecule has 1 aromatic carbocycles. The van der Waals surface area contributed by atoms with Gasteiger partial charge in [0.1, 0.15) is 6.10 Å². The third-order valence-corrected chi connectivity index (χ3v) is 5.51. The molecule has 0 amide bonds. The molecule has 1 aromatic heterocycles. The minimum atomic E-state index is -1.19. The fourth-order valence-corrected chi connectivity index (χ4v) is 4.42. The first-order valence-corrected chi connectivity index (χ1v) is 9.02. The van der Waals surface area contributed by atoms with Crippen molar-refractivity contribution in [3.63, 3.8) is 0 Å². The van der Waals surface area contributed by atoms with E-state index >= 15 is 0 Å². The van der Waals surface area contributed by atoms with Gasteiger partial charge >= 0.3 is 11.9 Å². The highest BCUT2D eigenvalue weighted by Crippen LogP contribution is 2.52. The first-order valence-electron chi connectivity index (χ1n) is 8.14. The lowest BCUT2D eigenvalue weighted by atomic mass is 9.78. The Labute approximate surface area is 149 Å². The van der Waals surface area contributed by atoms with E-state index in [9.17, 15) is 9.59 Å². The molecule has 0 unspecified atom stereocenters. The zero-order valence-corrected chi connectivity index (χ0v) is 14.8. The molecule has 2 aliphatic heterocycles. The van der Waals surface area contributed by atoms with Gasteiger partial charge in [-0.2, -0.15) is 0 Å². The molecule has 6 nitrogen and oxygen atoms in total. The number of hydrogen-bond donors (Lipinski definition) is 1. The Morgan fingerprint density at radius 2 is 2.00 bits per heavy atom. The monoisotopic (exact) mass is 358 g/mol. The summed E-state index contributed by atoms with van der Waals surface area (Å²) in [7, 11) is 0. The highest BCUT2D eigenvalue weighted by Gasteiger charge is 2.65. The number of hydrogen-bond acceptors (Lipinski definition) is 7. The van der Waals surface area contributed by atoms with Crippen molar-refractivity contribution in [3.05, 3.63) is 41.4 Å². The maximum atomic E-state index is 12.5. The summed E-state index contributed by atoms with van der Waals surface area (Å²) in [5.41, 5.74) is -0.534. The number of aromatic nitrogens is 1. The van der Waals surface area contributed by atoms with E-state index in [2.05, 4.69) is 10.3 Å². The van der Waals surface area contributed by atoms with Gasteiger partial charge < -0.3 is 14.8 Å². The second-order valence-electron chi connectivity index (χ2n) is 6.83. The van der Waals surface area contributed by atoms with E-state index in [4.69, 9.17) is 9.47 Å². The molecule has 0 saturated carbocycles. The molecule has 1 N–H and O–H groups in total. The van der Waals surface area contributed by atoms with Crippen molar-refractivity contribution in [3.8, 4) is 0 Å². The Balaban J connectivity index is 1.58. The first-order chi connectivity index (χ1) is 11.9. The van der Waals surface area contributed by atoms with Crippen LogP contribution < -0.4 is 5.32 Å². The zero-order valence-electron chi connectivity index (χ0n) is 13.9. The number of rotatable bonds is 3. The van der Waals surface area contributed by atoms with Crippen molar-refractivity contribution in [1.29, 1.82) is 0 Å². The van der Waals surface area contributed by atoms with Crippen LogP contribution in [0.15, 0.2) is 35.7 Å². The van der Waals surface area contributed by atoms with Crippen molar-refractivity contribution in [2.75, 3.05) is 5.32 Å². The molecule has 0 bridgehead atoms. The lowest BCUT2D eigenvalue weighted by Gasteiger charge is -2.20. The number of para-hydroxylation sites is 1. The molecule has 2 aliphatic rings. The molecular weight excluding hydrogens is 340 g/mol. The van der Waals surface area contributed by atoms with E-state index < -0.39 is 23.0 Å². The Morgan fingerprint density at radius 3 is 2.68 bits per heavy atom. The molecule has 4 rings (SSSR count). The molecule has 3 atom stereocenters. The van der Waals surface area contributed by atoms with E-state index in [-0.39, 0.29) is 12.5 Å². The predicted octanol–water partition coefficient (Wildman–Crippen LogP) is 3.37. The number of carbonyl (C=O) groups is 2. The Kier molecular flexibility index (Phi) is 3.57. The van der Waals surface area contributed by atoms with Gasteiger partial charge in [-0.25, -0.2) is 4.98 Å². The van der Waals surface area contributed by atoms with E-state index in [1.165, 1.54) is 11.3 Å². The molecule has 0 radical (unpaired) electrons. The summed E-state index contributed by atoms with van der Waals surface area (Å²) in [6, 6.07) is 9.71. The molecule has 7 heteroatoms. The first kappa shape index (κ1) is 16.1. The molecule has 3 heterocycles. The van der Waals surface area contributed by atoms with E-state index in [0.29, 0.717) is 17.2 Å². The summed E-state index contributed by atoms with van der Waals surface area (Å²) in [5, 5.41) is 5.80. The van der Waals surface area contributed by atoms with Gasteiger partial charge in [-0.1, -0.05) is 18.2 Å². The summed E-state index contributed by atoms with van der Waals surface area (Å²) in [6.45, 7) is 3.59. The molecule has 0 aliphatic carbocycles. The smallest absolute Gasteiger partial charge is 0.324 e. The third-order valence-electron chi connectivity index (χ3n) is 4.75. The van der Waals surface area contributed by atoms with Crippen LogP contribution in [0.4, 0.5) is 10.8 Å². The Morgan fingerprint density at radius 1 is 1.24 bits per heavy atom. The highest BCUT2D eigenvalue weighted by molar-refractivity contribution is 7.13. The molecule has 1 spiro atoms. The van der Waals surface area contributed by atoms with Crippen LogP contribution in [-0.2, 0) is 24.7 Å². The quantitative estimate of drug-likeness (QED) is 0.669. The predicted molar refractivity (Wildman–Crippen MR) is 92.5 cm³/mol. The van der Waals surface area contributed by atoms with Crippen LogP contribution in [0.3, 0.4) is 0 Å². The number of esters is 2. The molecule has 2 aromatic rings. The third kappa shape index (κ3) is 2.59. The zero-order chi connectivity index (χ0) is 17.7. The number of thiazole rings is 1. The molecule has 130 valence electrons. The van der Waals surface area contributed by atoms with Crippen molar-refractivity contribution in [2.24, 2.45) is 5.41 Å². The molecule has 2 saturated heterocycles. The second-order valence-corrected chi connectivity index (χ2v) is 7.69. The normalized spacial score (nSPS) is 31.2. The number of anilines is 2. The van der Waals surface area contributed by atoms with Crippen molar-refractivity contribution < 1.29 is 19.1 Å². The van der Waals surface area contributed by atoms with Gasteiger partial charge in [0, 0.05) is 23.9 Å². The number of benzene rings is 1. The fourth-order valence-electron chi connectivity index (χ4n) is 3.57. The van der Waals surface area contributed by atoms with Crippen molar-refractivity contribution in [1.82, 2.24) is 4.98 Å². The SMILES string of the molecule is C[C@@H]1C[C@@]2(C[C@](C)(c3csc(Nc4ccccc4)n3)OC2=O)C(=O)O1. The van der Waals surface area contributed by atoms with Gasteiger partial charge in [-0.3, -0.25) is 9.59 Å². The van der Waals surface area contributed by atoms with Crippen molar-refractivity contribution >= 4 is 34.1 Å². The van der Waals surface area contributed by atoms with Crippen LogP contribution in [-0.4, -0.2) is 23.0 Å². The summed E-state index contributed by atoms with van der Waals surface area (Å²) in [5.74, 6) is -0.985. The van der Waals surface area contributed by atoms with Gasteiger partial charge in [0.05, 0.1) is 5.69 Å². The largest absolute Gasteiger partial charge is 0.462 e. The summed E-state index contributed by atoms with van der Waals surface area (Å²) in [4.78, 5) is 29.3. The van der Waals surface area contributed by atoms with Gasteiger partial charge in [-0.05, 0) is 26.0 Å². The number of carbonyl (C=O) groups excluding carboxylic acids is 2. The molecule has 25 heavy (non-hydrogen) atoms. The molecule has 2 fully saturated rings. The standard InChI is InChI=1S/C18H18N2O4S/c1-11-8-18(14(21)23-11)10-17(2,24-15(18)22)13-9-25-16(20-13)19-12-6-4-3-5-7-12/h3-7,9,11H,8,10H2,1-2H3,(H,19,20)/t11-,17-,18-/m1/s1. The maximum Gasteiger partial charge on any atom is 0.324 e. The topological polar surface area (TPSA) is 77.5 Å². The van der Waals surface area contributed by atoms with E-state index in [1.807, 2.05) is 35.7 Å². The average Bonchev–Trinajstić information content (AvgIpc) is 3.20. The minimum absolute atomic E-state index is 0.260. The number of cyclic esters (lactones) is 2. The van der Waals surface area contributed by atoms with Crippen LogP contribution in [0.2, 0.25) is 0 Å². The van der Waals surface area contributed by atoms with Crippen molar-refractivity contribution in [2.45, 2.75) is 38.4 Å². The van der Waals surface area contributed by atoms with Crippen LogP contribution in [0.25, 0.3) is 0 Å². The van der Waals surface area contributed by atoms with Crippen LogP contribution in [0, 0.1) is 5.41 Å². The minimum Gasteiger partial charge on any atom is -0.462 e. The fraction of sp³-hybridized carbons (Fsp3) is 0.389. The summed E-state index contributed by atoms with van der Waals surface area (Å²) in [6.07, 6.45) is 0.351. The Hall–Kier alpha value is -2.41. The maximum absolute atomic E-state index is 12.5. The summed E-state index contributed by atoms with van der Waals surface area (Å²) < 4.78 is 10.8. The van der Waals surface area contributed by atoms with Gasteiger partial charge in [0.25, 0.3) is 0 Å². The lowest BCUT2D eigenvalue weighted by molar-refractivity contribution is -0.160. The van der Waals surface area contributed by atoms with Gasteiger partial charge in [-0.15, -0.1) is 11.3 Å². The molecular formula is C18H18N2O4S. The summed E-state index contributed by atoms with van der Waals surface area (Å²) >= 11 is 1.43. The second kappa shape index (κ2) is 5.56. The number of nitrogens with one attached hydrogen (secondary N) is 1. The van der Waals surface area contributed by atoms with Crippen LogP contribution in [0.1, 0.15) is 32.4 Å². The lowest BCUT2D eigenvalue weighted by Crippen LogP contribution is -2.31.